The minimum absolute atomic E-state index is 0.236. The van der Waals surface area contributed by atoms with Gasteiger partial charge in [0.1, 0.15) is 5.52 Å². The van der Waals surface area contributed by atoms with Crippen molar-refractivity contribution in [2.45, 2.75) is 0 Å². The minimum atomic E-state index is -0.839. The highest BCUT2D eigenvalue weighted by Gasteiger charge is 2.02. The van der Waals surface area contributed by atoms with Gasteiger partial charge in [0, 0.05) is 6.20 Å². The lowest BCUT2D eigenvalue weighted by Crippen LogP contribution is -1.69. The molecule has 4 heteroatoms. The van der Waals surface area contributed by atoms with Crippen molar-refractivity contribution in [3.63, 3.8) is 0 Å². The molecule has 0 saturated heterocycles. The molecule has 0 radical (unpaired) electrons. The number of hydrogen-bond donors (Lipinski definition) is 0. The van der Waals surface area contributed by atoms with Gasteiger partial charge in [-0.3, -0.25) is 0 Å². The molecule has 0 aliphatic rings. The summed E-state index contributed by atoms with van der Waals surface area (Å²) in [6.45, 7) is 0. The van der Waals surface area contributed by atoms with E-state index in [1.165, 1.54) is 6.20 Å². The molecular formula is C6H3FN2O. The van der Waals surface area contributed by atoms with E-state index in [2.05, 4.69) is 14.4 Å². The Balaban J connectivity index is 2.88. The lowest BCUT2D eigenvalue weighted by molar-refractivity contribution is 0.351. The number of halogens is 1. The molecule has 0 saturated carbocycles. The highest BCUT2D eigenvalue weighted by molar-refractivity contribution is 5.66. The van der Waals surface area contributed by atoms with E-state index in [1.54, 1.807) is 12.1 Å². The van der Waals surface area contributed by atoms with Crippen LogP contribution in [0.25, 0.3) is 11.2 Å². The van der Waals surface area contributed by atoms with Crippen LogP contribution in [0.2, 0.25) is 0 Å². The molecule has 10 heavy (non-hydrogen) atoms. The fraction of sp³-hybridized carbons (Fsp3) is 0. The number of oxazole rings is 1. The summed E-state index contributed by atoms with van der Waals surface area (Å²) in [5.74, 6) is 0. The van der Waals surface area contributed by atoms with Crippen molar-refractivity contribution in [1.29, 1.82) is 0 Å². The second kappa shape index (κ2) is 1.76. The zero-order chi connectivity index (χ0) is 6.97. The molecule has 2 aromatic heterocycles. The highest BCUT2D eigenvalue weighted by Crippen LogP contribution is 2.09. The first kappa shape index (κ1) is 5.34. The van der Waals surface area contributed by atoms with Gasteiger partial charge in [-0.05, 0) is 12.1 Å². The van der Waals surface area contributed by atoms with Crippen LogP contribution in [0, 0.1) is 6.14 Å². The van der Waals surface area contributed by atoms with Crippen molar-refractivity contribution in [2.75, 3.05) is 0 Å². The smallest absolute Gasteiger partial charge is 0.383 e. The number of rotatable bonds is 0. The maximum absolute atomic E-state index is 12.2. The fourth-order valence-electron chi connectivity index (χ4n) is 0.743. The second-order valence-corrected chi connectivity index (χ2v) is 1.79. The van der Waals surface area contributed by atoms with Crippen LogP contribution in [0.4, 0.5) is 4.39 Å². The molecule has 0 atom stereocenters. The molecule has 50 valence electrons. The van der Waals surface area contributed by atoms with Crippen molar-refractivity contribution >= 4 is 11.2 Å². The number of hydrogen-bond acceptors (Lipinski definition) is 3. The van der Waals surface area contributed by atoms with Gasteiger partial charge in [0.05, 0.1) is 0 Å². The van der Waals surface area contributed by atoms with Gasteiger partial charge in [-0.1, -0.05) is 0 Å². The van der Waals surface area contributed by atoms with Crippen molar-refractivity contribution in [3.05, 3.63) is 24.5 Å². The molecule has 2 aromatic rings. The first-order valence-corrected chi connectivity index (χ1v) is 2.73. The molecule has 0 unspecified atom stereocenters. The van der Waals surface area contributed by atoms with E-state index >= 15 is 0 Å². The molecule has 2 rings (SSSR count). The van der Waals surface area contributed by atoms with E-state index in [4.69, 9.17) is 0 Å². The van der Waals surface area contributed by atoms with Crippen molar-refractivity contribution in [1.82, 2.24) is 9.97 Å². The quantitative estimate of drug-likeness (QED) is 0.551. The Morgan fingerprint density at radius 2 is 2.40 bits per heavy atom. The maximum Gasteiger partial charge on any atom is 0.383 e. The molecule has 2 heterocycles. The summed E-state index contributed by atoms with van der Waals surface area (Å²) in [4.78, 5) is 7.15. The van der Waals surface area contributed by atoms with E-state index in [9.17, 15) is 4.39 Å². The average Bonchev–Trinajstić information content (AvgIpc) is 2.27. The Labute approximate surface area is 55.5 Å². The molecule has 0 fully saturated rings. The summed E-state index contributed by atoms with van der Waals surface area (Å²) >= 11 is 0. The highest BCUT2D eigenvalue weighted by atomic mass is 19.1. The first-order valence-electron chi connectivity index (χ1n) is 2.73. The molecular weight excluding hydrogens is 135 g/mol. The molecule has 0 bridgehead atoms. The summed E-state index contributed by atoms with van der Waals surface area (Å²) in [5.41, 5.74) is 0.681. The molecule has 0 amide bonds. The van der Waals surface area contributed by atoms with Gasteiger partial charge in [-0.15, -0.1) is 4.39 Å². The number of aromatic nitrogens is 2. The van der Waals surface area contributed by atoms with Crippen LogP contribution in [-0.2, 0) is 0 Å². The maximum atomic E-state index is 12.2. The zero-order valence-electron chi connectivity index (χ0n) is 4.91. The van der Waals surface area contributed by atoms with E-state index in [1.807, 2.05) is 0 Å². The van der Waals surface area contributed by atoms with Crippen LogP contribution < -0.4 is 0 Å². The molecule has 0 spiro atoms. The third-order valence-corrected chi connectivity index (χ3v) is 1.14. The van der Waals surface area contributed by atoms with Crippen LogP contribution in [0.5, 0.6) is 0 Å². The molecule has 0 aliphatic carbocycles. The Morgan fingerprint density at radius 1 is 1.50 bits per heavy atom. The fourth-order valence-corrected chi connectivity index (χ4v) is 0.743. The van der Waals surface area contributed by atoms with Gasteiger partial charge in [0.25, 0.3) is 0 Å². The lowest BCUT2D eigenvalue weighted by atomic mass is 10.5. The van der Waals surface area contributed by atoms with Gasteiger partial charge in [0.2, 0.25) is 5.71 Å². The number of pyridine rings is 1. The van der Waals surface area contributed by atoms with Gasteiger partial charge in [0.15, 0.2) is 0 Å². The number of fused-ring (bicyclic) bond motifs is 1. The van der Waals surface area contributed by atoms with Gasteiger partial charge >= 0.3 is 6.14 Å². The summed E-state index contributed by atoms with van der Waals surface area (Å²) in [6.07, 6.45) is 0.682. The van der Waals surface area contributed by atoms with Crippen LogP contribution >= 0.6 is 0 Å². The first-order chi connectivity index (χ1) is 4.86. The second-order valence-electron chi connectivity index (χ2n) is 1.79. The van der Waals surface area contributed by atoms with Gasteiger partial charge < -0.3 is 4.42 Å². The predicted molar refractivity (Wildman–Crippen MR) is 31.8 cm³/mol. The molecule has 0 aliphatic heterocycles. The van der Waals surface area contributed by atoms with Crippen molar-refractivity contribution < 1.29 is 8.81 Å². The predicted octanol–water partition coefficient (Wildman–Crippen LogP) is 1.36. The summed E-state index contributed by atoms with van der Waals surface area (Å²) in [7, 11) is 0. The third kappa shape index (κ3) is 0.655. The van der Waals surface area contributed by atoms with E-state index in [-0.39, 0.29) is 5.71 Å². The topological polar surface area (TPSA) is 38.9 Å². The standard InChI is InChI=1S/C6H3FN2O/c7-6-9-4-2-1-3-8-5(4)10-6/h1-3H. The lowest BCUT2D eigenvalue weighted by Gasteiger charge is -1.78. The van der Waals surface area contributed by atoms with Crippen LogP contribution in [0.15, 0.2) is 22.7 Å². The van der Waals surface area contributed by atoms with Crippen LogP contribution in [0.3, 0.4) is 0 Å². The Hall–Kier alpha value is -1.45. The van der Waals surface area contributed by atoms with E-state index in [0.717, 1.165) is 0 Å². The Bertz CT molecular complexity index is 324. The van der Waals surface area contributed by atoms with Crippen LogP contribution in [0.1, 0.15) is 0 Å². The summed E-state index contributed by atoms with van der Waals surface area (Å²) < 4.78 is 16.7. The Morgan fingerprint density at radius 3 is 3.20 bits per heavy atom. The normalized spacial score (nSPS) is 10.5. The average molecular weight is 138 g/mol. The van der Waals surface area contributed by atoms with Crippen LogP contribution in [-0.4, -0.2) is 9.97 Å². The SMILES string of the molecule is Fc1nc2cccnc2o1. The van der Waals surface area contributed by atoms with Crippen molar-refractivity contribution in [3.8, 4) is 0 Å². The largest absolute Gasteiger partial charge is 0.396 e. The van der Waals surface area contributed by atoms with Gasteiger partial charge in [-0.2, -0.15) is 4.98 Å². The zero-order valence-corrected chi connectivity index (χ0v) is 4.91. The van der Waals surface area contributed by atoms with Gasteiger partial charge in [-0.25, -0.2) is 4.98 Å². The van der Waals surface area contributed by atoms with E-state index in [0.29, 0.717) is 5.52 Å². The van der Waals surface area contributed by atoms with Crippen molar-refractivity contribution in [2.24, 2.45) is 0 Å². The minimum Gasteiger partial charge on any atom is -0.396 e. The van der Waals surface area contributed by atoms with E-state index < -0.39 is 6.14 Å². The monoisotopic (exact) mass is 138 g/mol. The Kier molecular flexibility index (Phi) is 0.943. The summed E-state index contributed by atoms with van der Waals surface area (Å²) in [6, 6.07) is 3.30. The molecule has 0 aromatic carbocycles. The number of nitrogens with zero attached hydrogens (tertiary/aromatic N) is 2. The summed E-state index contributed by atoms with van der Waals surface area (Å²) in [5, 5.41) is 0. The molecule has 0 N–H and O–H groups in total. The molecule has 3 nitrogen and oxygen atoms in total. The third-order valence-electron chi connectivity index (χ3n) is 1.14.